The van der Waals surface area contributed by atoms with Crippen LogP contribution >= 0.6 is 0 Å². The molecule has 0 saturated heterocycles. The van der Waals surface area contributed by atoms with Crippen LogP contribution in [-0.4, -0.2) is 9.78 Å². The van der Waals surface area contributed by atoms with Gasteiger partial charge in [0.2, 0.25) is 0 Å². The van der Waals surface area contributed by atoms with Gasteiger partial charge in [-0.25, -0.2) is 4.68 Å². The number of hydrogen-bond acceptors (Lipinski definition) is 3. The molecule has 74 valence electrons. The Balaban J connectivity index is 3.48. The van der Waals surface area contributed by atoms with Gasteiger partial charge in [-0.05, 0) is 6.07 Å². The lowest BCUT2D eigenvalue weighted by atomic mass is 9.91. The minimum absolute atomic E-state index is 0.146. The van der Waals surface area contributed by atoms with Crippen LogP contribution in [-0.2, 0) is 12.5 Å². The molecule has 0 N–H and O–H groups in total. The summed E-state index contributed by atoms with van der Waals surface area (Å²) in [7, 11) is 1.55. The lowest BCUT2D eigenvalue weighted by molar-refractivity contribution is 0.530. The second-order valence-electron chi connectivity index (χ2n) is 4.23. The lowest BCUT2D eigenvalue weighted by Gasteiger charge is -2.17. The van der Waals surface area contributed by atoms with Gasteiger partial charge in [-0.3, -0.25) is 4.79 Å². The van der Waals surface area contributed by atoms with Crippen molar-refractivity contribution >= 4 is 0 Å². The number of rotatable bonds is 0. The Labute approximate surface area is 82.8 Å². The van der Waals surface area contributed by atoms with E-state index >= 15 is 0 Å². The Kier molecular flexibility index (Phi) is 2.43. The molecule has 0 aliphatic carbocycles. The molecule has 0 bridgehead atoms. The minimum atomic E-state index is -0.347. The van der Waals surface area contributed by atoms with Crippen molar-refractivity contribution in [2.24, 2.45) is 7.05 Å². The highest BCUT2D eigenvalue weighted by molar-refractivity contribution is 5.29. The standard InChI is InChI=1S/C10H13N3O/c1-10(2,3)8-5-7(6-11)9(14)13(4)12-8/h5H,1-4H3. The fourth-order valence-electron chi connectivity index (χ4n) is 1.06. The van der Waals surface area contributed by atoms with Gasteiger partial charge in [-0.1, -0.05) is 20.8 Å². The van der Waals surface area contributed by atoms with Gasteiger partial charge >= 0.3 is 0 Å². The van der Waals surface area contributed by atoms with Crippen molar-refractivity contribution in [3.8, 4) is 6.07 Å². The summed E-state index contributed by atoms with van der Waals surface area (Å²) in [5.74, 6) is 0. The summed E-state index contributed by atoms with van der Waals surface area (Å²) in [5.41, 5.74) is 0.390. The van der Waals surface area contributed by atoms with E-state index in [0.717, 1.165) is 5.69 Å². The molecule has 0 amide bonds. The van der Waals surface area contributed by atoms with E-state index in [-0.39, 0.29) is 16.5 Å². The van der Waals surface area contributed by atoms with E-state index in [1.807, 2.05) is 26.8 Å². The van der Waals surface area contributed by atoms with E-state index in [4.69, 9.17) is 5.26 Å². The first kappa shape index (κ1) is 10.5. The van der Waals surface area contributed by atoms with E-state index in [1.165, 1.54) is 4.68 Å². The van der Waals surface area contributed by atoms with Crippen molar-refractivity contribution in [1.29, 1.82) is 5.26 Å². The van der Waals surface area contributed by atoms with Crippen molar-refractivity contribution in [1.82, 2.24) is 9.78 Å². The quantitative estimate of drug-likeness (QED) is 0.613. The summed E-state index contributed by atoms with van der Waals surface area (Å²) in [4.78, 5) is 11.4. The van der Waals surface area contributed by atoms with Gasteiger partial charge in [-0.15, -0.1) is 0 Å². The monoisotopic (exact) mass is 191 g/mol. The van der Waals surface area contributed by atoms with Crippen LogP contribution < -0.4 is 5.56 Å². The van der Waals surface area contributed by atoms with Gasteiger partial charge in [0.05, 0.1) is 5.69 Å². The third-order valence-corrected chi connectivity index (χ3v) is 1.95. The van der Waals surface area contributed by atoms with E-state index in [0.29, 0.717) is 0 Å². The fraction of sp³-hybridized carbons (Fsp3) is 0.500. The number of aromatic nitrogens is 2. The Morgan fingerprint density at radius 2 is 2.07 bits per heavy atom. The zero-order valence-corrected chi connectivity index (χ0v) is 8.83. The van der Waals surface area contributed by atoms with Crippen LogP contribution in [0.25, 0.3) is 0 Å². The van der Waals surface area contributed by atoms with Gasteiger partial charge in [-0.2, -0.15) is 10.4 Å². The fourth-order valence-corrected chi connectivity index (χ4v) is 1.06. The van der Waals surface area contributed by atoms with Crippen LogP contribution in [0.3, 0.4) is 0 Å². The molecule has 4 heteroatoms. The molecule has 14 heavy (non-hydrogen) atoms. The van der Waals surface area contributed by atoms with Crippen LogP contribution in [0.2, 0.25) is 0 Å². The maximum Gasteiger partial charge on any atom is 0.284 e. The molecule has 4 nitrogen and oxygen atoms in total. The molecule has 0 fully saturated rings. The molecule has 1 aromatic heterocycles. The smallest absolute Gasteiger partial charge is 0.266 e. The molecule has 0 aliphatic heterocycles. The summed E-state index contributed by atoms with van der Waals surface area (Å²) >= 11 is 0. The van der Waals surface area contributed by atoms with Crippen LogP contribution in [0.15, 0.2) is 10.9 Å². The summed E-state index contributed by atoms with van der Waals surface area (Å²) in [6, 6.07) is 3.43. The van der Waals surface area contributed by atoms with Gasteiger partial charge in [0, 0.05) is 12.5 Å². The maximum atomic E-state index is 11.4. The van der Waals surface area contributed by atoms with Crippen molar-refractivity contribution in [2.75, 3.05) is 0 Å². The average molecular weight is 191 g/mol. The average Bonchev–Trinajstić information content (AvgIpc) is 2.07. The molecule has 0 spiro atoms. The molecule has 0 saturated carbocycles. The van der Waals surface area contributed by atoms with Gasteiger partial charge in [0.1, 0.15) is 11.6 Å². The summed E-state index contributed by atoms with van der Waals surface area (Å²) < 4.78 is 1.21. The van der Waals surface area contributed by atoms with E-state index in [2.05, 4.69) is 5.10 Å². The van der Waals surface area contributed by atoms with Crippen molar-refractivity contribution in [2.45, 2.75) is 26.2 Å². The molecule has 0 aromatic carbocycles. The number of nitriles is 1. The van der Waals surface area contributed by atoms with Crippen molar-refractivity contribution < 1.29 is 0 Å². The summed E-state index contributed by atoms with van der Waals surface area (Å²) in [6.45, 7) is 5.96. The maximum absolute atomic E-state index is 11.4. The van der Waals surface area contributed by atoms with E-state index in [1.54, 1.807) is 13.1 Å². The Bertz CT molecular complexity index is 446. The molecular formula is C10H13N3O. The van der Waals surface area contributed by atoms with Gasteiger partial charge in [0.15, 0.2) is 0 Å². The van der Waals surface area contributed by atoms with Gasteiger partial charge in [0.25, 0.3) is 5.56 Å². The highest BCUT2D eigenvalue weighted by Gasteiger charge is 2.18. The third kappa shape index (κ3) is 1.82. The highest BCUT2D eigenvalue weighted by Crippen LogP contribution is 2.18. The first-order chi connectivity index (χ1) is 6.36. The third-order valence-electron chi connectivity index (χ3n) is 1.95. The molecule has 0 unspecified atom stereocenters. The minimum Gasteiger partial charge on any atom is -0.266 e. The van der Waals surface area contributed by atoms with E-state index < -0.39 is 0 Å². The SMILES string of the molecule is Cn1nc(C(C)(C)C)cc(C#N)c1=O. The Hall–Kier alpha value is -1.63. The van der Waals surface area contributed by atoms with Crippen LogP contribution in [0.4, 0.5) is 0 Å². The zero-order chi connectivity index (χ0) is 10.9. The lowest BCUT2D eigenvalue weighted by Crippen LogP contribution is -2.27. The van der Waals surface area contributed by atoms with Crippen LogP contribution in [0.5, 0.6) is 0 Å². The largest absolute Gasteiger partial charge is 0.284 e. The topological polar surface area (TPSA) is 58.7 Å². The van der Waals surface area contributed by atoms with Crippen molar-refractivity contribution in [3.63, 3.8) is 0 Å². The molecule has 0 radical (unpaired) electrons. The first-order valence-electron chi connectivity index (χ1n) is 4.35. The number of aryl methyl sites for hydroxylation is 1. The second-order valence-corrected chi connectivity index (χ2v) is 4.23. The predicted molar refractivity (Wildman–Crippen MR) is 52.9 cm³/mol. The molecule has 1 rings (SSSR count). The number of hydrogen-bond donors (Lipinski definition) is 0. The first-order valence-corrected chi connectivity index (χ1v) is 4.35. The van der Waals surface area contributed by atoms with Crippen LogP contribution in [0.1, 0.15) is 32.0 Å². The molecule has 0 aliphatic rings. The summed E-state index contributed by atoms with van der Waals surface area (Å²) in [6.07, 6.45) is 0. The Morgan fingerprint density at radius 1 is 1.50 bits per heavy atom. The summed E-state index contributed by atoms with van der Waals surface area (Å²) in [5, 5.41) is 12.8. The zero-order valence-electron chi connectivity index (χ0n) is 8.83. The molecule has 1 heterocycles. The van der Waals surface area contributed by atoms with Crippen molar-refractivity contribution in [3.05, 3.63) is 27.7 Å². The number of nitrogens with zero attached hydrogens (tertiary/aromatic N) is 3. The molecule has 0 atom stereocenters. The Morgan fingerprint density at radius 3 is 2.50 bits per heavy atom. The highest BCUT2D eigenvalue weighted by atomic mass is 16.1. The normalized spacial score (nSPS) is 11.1. The predicted octanol–water partition coefficient (Wildman–Crippen LogP) is 0.949. The molecular weight excluding hydrogens is 178 g/mol. The van der Waals surface area contributed by atoms with Gasteiger partial charge < -0.3 is 0 Å². The van der Waals surface area contributed by atoms with E-state index in [9.17, 15) is 4.79 Å². The molecule has 1 aromatic rings. The second kappa shape index (κ2) is 3.26. The van der Waals surface area contributed by atoms with Crippen LogP contribution in [0, 0.1) is 11.3 Å².